The van der Waals surface area contributed by atoms with Gasteiger partial charge in [0.05, 0.1) is 5.69 Å². The molecule has 78 valence electrons. The summed E-state index contributed by atoms with van der Waals surface area (Å²) in [4.78, 5) is 0. The predicted octanol–water partition coefficient (Wildman–Crippen LogP) is 2.80. The maximum atomic E-state index is 5.98. The fourth-order valence-electron chi connectivity index (χ4n) is 1.55. The van der Waals surface area contributed by atoms with Gasteiger partial charge in [-0.3, -0.25) is 0 Å². The van der Waals surface area contributed by atoms with Gasteiger partial charge in [-0.15, -0.1) is 0 Å². The number of hydrazine groups is 1. The van der Waals surface area contributed by atoms with Crippen molar-refractivity contribution < 1.29 is 0 Å². The fourth-order valence-corrected chi connectivity index (χ4v) is 1.55. The molecule has 0 heterocycles. The molecule has 0 saturated carbocycles. The second-order valence-electron chi connectivity index (χ2n) is 3.67. The van der Waals surface area contributed by atoms with Crippen molar-refractivity contribution >= 4 is 5.69 Å². The summed E-state index contributed by atoms with van der Waals surface area (Å²) in [6.45, 7) is 5.37. The SMILES string of the molecule is CCC(CC)CN(N)c1ccccc1. The van der Waals surface area contributed by atoms with Crippen LogP contribution < -0.4 is 10.9 Å². The average molecular weight is 192 g/mol. The van der Waals surface area contributed by atoms with Gasteiger partial charge in [0.15, 0.2) is 0 Å². The molecule has 1 rings (SSSR count). The number of para-hydroxylation sites is 1. The summed E-state index contributed by atoms with van der Waals surface area (Å²) in [5.41, 5.74) is 1.10. The van der Waals surface area contributed by atoms with Crippen molar-refractivity contribution in [2.45, 2.75) is 26.7 Å². The molecule has 0 bridgehead atoms. The molecule has 0 aliphatic heterocycles. The normalized spacial score (nSPS) is 10.6. The third-order valence-electron chi connectivity index (χ3n) is 2.70. The molecule has 0 aliphatic rings. The van der Waals surface area contributed by atoms with Gasteiger partial charge in [0, 0.05) is 6.54 Å². The number of hydrogen-bond donors (Lipinski definition) is 1. The van der Waals surface area contributed by atoms with Gasteiger partial charge in [0.1, 0.15) is 0 Å². The number of rotatable bonds is 5. The molecular weight excluding hydrogens is 172 g/mol. The minimum Gasteiger partial charge on any atom is -0.311 e. The standard InChI is InChI=1S/C12H20N2/c1-3-11(4-2)10-14(13)12-8-6-5-7-9-12/h5-9,11H,3-4,10,13H2,1-2H3. The van der Waals surface area contributed by atoms with Gasteiger partial charge in [-0.2, -0.15) is 0 Å². The molecule has 14 heavy (non-hydrogen) atoms. The summed E-state index contributed by atoms with van der Waals surface area (Å²) in [7, 11) is 0. The van der Waals surface area contributed by atoms with Crippen LogP contribution in [0.1, 0.15) is 26.7 Å². The second-order valence-corrected chi connectivity index (χ2v) is 3.67. The minimum atomic E-state index is 0.695. The largest absolute Gasteiger partial charge is 0.311 e. The summed E-state index contributed by atoms with van der Waals surface area (Å²) in [6.07, 6.45) is 2.38. The Morgan fingerprint density at radius 3 is 2.21 bits per heavy atom. The third-order valence-corrected chi connectivity index (χ3v) is 2.70. The van der Waals surface area contributed by atoms with Crippen molar-refractivity contribution in [2.75, 3.05) is 11.6 Å². The fraction of sp³-hybridized carbons (Fsp3) is 0.500. The number of nitrogens with zero attached hydrogens (tertiary/aromatic N) is 1. The Balaban J connectivity index is 2.54. The number of hydrogen-bond acceptors (Lipinski definition) is 2. The van der Waals surface area contributed by atoms with Crippen LogP contribution in [0.25, 0.3) is 0 Å². The van der Waals surface area contributed by atoms with Gasteiger partial charge in [0.2, 0.25) is 0 Å². The maximum absolute atomic E-state index is 5.98. The quantitative estimate of drug-likeness (QED) is 0.574. The highest BCUT2D eigenvalue weighted by atomic mass is 15.4. The molecule has 0 fully saturated rings. The van der Waals surface area contributed by atoms with Crippen LogP contribution in [0.3, 0.4) is 0 Å². The van der Waals surface area contributed by atoms with Crippen molar-refractivity contribution in [3.05, 3.63) is 30.3 Å². The Hall–Kier alpha value is -1.02. The van der Waals surface area contributed by atoms with Crippen molar-refractivity contribution in [3.8, 4) is 0 Å². The van der Waals surface area contributed by atoms with Gasteiger partial charge < -0.3 is 5.01 Å². The van der Waals surface area contributed by atoms with Crippen LogP contribution in [-0.4, -0.2) is 6.54 Å². The minimum absolute atomic E-state index is 0.695. The molecule has 2 nitrogen and oxygen atoms in total. The molecule has 0 aliphatic carbocycles. The monoisotopic (exact) mass is 192 g/mol. The van der Waals surface area contributed by atoms with Crippen LogP contribution in [0.4, 0.5) is 5.69 Å². The molecule has 0 aromatic heterocycles. The molecule has 0 radical (unpaired) electrons. The van der Waals surface area contributed by atoms with Crippen molar-refractivity contribution in [1.82, 2.24) is 0 Å². The highest BCUT2D eigenvalue weighted by molar-refractivity contribution is 5.44. The van der Waals surface area contributed by atoms with E-state index in [9.17, 15) is 0 Å². The van der Waals surface area contributed by atoms with Crippen molar-refractivity contribution in [3.63, 3.8) is 0 Å². The first-order valence-electron chi connectivity index (χ1n) is 5.35. The zero-order valence-electron chi connectivity index (χ0n) is 9.11. The number of benzene rings is 1. The lowest BCUT2D eigenvalue weighted by Crippen LogP contribution is -2.35. The van der Waals surface area contributed by atoms with E-state index in [4.69, 9.17) is 5.84 Å². The van der Waals surface area contributed by atoms with Crippen molar-refractivity contribution in [1.29, 1.82) is 0 Å². The van der Waals surface area contributed by atoms with Crippen LogP contribution in [0.5, 0.6) is 0 Å². The summed E-state index contributed by atoms with van der Waals surface area (Å²) < 4.78 is 0. The Labute approximate surface area is 86.7 Å². The second kappa shape index (κ2) is 5.66. The first-order valence-corrected chi connectivity index (χ1v) is 5.35. The van der Waals surface area contributed by atoms with E-state index in [0.29, 0.717) is 5.92 Å². The number of nitrogens with two attached hydrogens (primary N) is 1. The molecule has 0 spiro atoms. The molecule has 0 amide bonds. The Kier molecular flexibility index (Phi) is 4.47. The van der Waals surface area contributed by atoms with Crippen LogP contribution in [0.2, 0.25) is 0 Å². The molecule has 1 aromatic rings. The lowest BCUT2D eigenvalue weighted by molar-refractivity contribution is 0.486. The summed E-state index contributed by atoms with van der Waals surface area (Å²) >= 11 is 0. The molecule has 0 unspecified atom stereocenters. The zero-order valence-corrected chi connectivity index (χ0v) is 9.11. The van der Waals surface area contributed by atoms with Gasteiger partial charge in [-0.25, -0.2) is 5.84 Å². The Bertz CT molecular complexity index is 242. The lowest BCUT2D eigenvalue weighted by atomic mass is 10.0. The summed E-state index contributed by atoms with van der Waals surface area (Å²) in [5, 5.41) is 1.84. The van der Waals surface area contributed by atoms with E-state index in [-0.39, 0.29) is 0 Å². The van der Waals surface area contributed by atoms with E-state index in [1.54, 1.807) is 0 Å². The van der Waals surface area contributed by atoms with E-state index in [1.165, 1.54) is 12.8 Å². The lowest BCUT2D eigenvalue weighted by Gasteiger charge is -2.23. The van der Waals surface area contributed by atoms with Crippen LogP contribution in [0.15, 0.2) is 30.3 Å². The smallest absolute Gasteiger partial charge is 0.0517 e. The number of anilines is 1. The van der Waals surface area contributed by atoms with Crippen LogP contribution in [-0.2, 0) is 0 Å². The Morgan fingerprint density at radius 2 is 1.71 bits per heavy atom. The molecular formula is C12H20N2. The van der Waals surface area contributed by atoms with Gasteiger partial charge in [0.25, 0.3) is 0 Å². The van der Waals surface area contributed by atoms with Crippen LogP contribution >= 0.6 is 0 Å². The molecule has 0 saturated heterocycles. The van der Waals surface area contributed by atoms with Gasteiger partial charge in [-0.1, -0.05) is 44.9 Å². The first-order chi connectivity index (χ1) is 6.77. The van der Waals surface area contributed by atoms with Gasteiger partial charge >= 0.3 is 0 Å². The van der Waals surface area contributed by atoms with Gasteiger partial charge in [-0.05, 0) is 18.1 Å². The highest BCUT2D eigenvalue weighted by Crippen LogP contribution is 2.14. The van der Waals surface area contributed by atoms with Crippen molar-refractivity contribution in [2.24, 2.45) is 11.8 Å². The van der Waals surface area contributed by atoms with E-state index < -0.39 is 0 Å². The Morgan fingerprint density at radius 1 is 1.14 bits per heavy atom. The predicted molar refractivity (Wildman–Crippen MR) is 62.0 cm³/mol. The highest BCUT2D eigenvalue weighted by Gasteiger charge is 2.07. The molecule has 0 atom stereocenters. The average Bonchev–Trinajstić information content (AvgIpc) is 2.26. The topological polar surface area (TPSA) is 29.3 Å². The van der Waals surface area contributed by atoms with E-state index >= 15 is 0 Å². The maximum Gasteiger partial charge on any atom is 0.0517 e. The zero-order chi connectivity index (χ0) is 10.4. The molecule has 1 aromatic carbocycles. The van der Waals surface area contributed by atoms with E-state index in [0.717, 1.165) is 12.2 Å². The third kappa shape index (κ3) is 3.04. The summed E-state index contributed by atoms with van der Waals surface area (Å²) in [6, 6.07) is 10.1. The first kappa shape index (κ1) is 11.1. The summed E-state index contributed by atoms with van der Waals surface area (Å²) in [5.74, 6) is 6.68. The molecule has 2 N–H and O–H groups in total. The van der Waals surface area contributed by atoms with Crippen LogP contribution in [0, 0.1) is 5.92 Å². The van der Waals surface area contributed by atoms with E-state index in [2.05, 4.69) is 13.8 Å². The van der Waals surface area contributed by atoms with E-state index in [1.807, 2.05) is 35.3 Å². The molecule has 2 heteroatoms.